The summed E-state index contributed by atoms with van der Waals surface area (Å²) in [4.78, 5) is 0. The Hall–Kier alpha value is -3.12. The van der Waals surface area contributed by atoms with Crippen molar-refractivity contribution in [2.75, 3.05) is 0 Å². The van der Waals surface area contributed by atoms with E-state index in [1.165, 1.54) is 0 Å². The van der Waals surface area contributed by atoms with Crippen LogP contribution in [0.25, 0.3) is 33.2 Å². The van der Waals surface area contributed by atoms with Crippen molar-refractivity contribution in [1.82, 2.24) is 0 Å². The Labute approximate surface area is 160 Å². The molecule has 0 saturated heterocycles. The van der Waals surface area contributed by atoms with Crippen LogP contribution >= 0.6 is 0 Å². The van der Waals surface area contributed by atoms with Gasteiger partial charge in [-0.2, -0.15) is 9.83 Å². The predicted molar refractivity (Wildman–Crippen MR) is 109 cm³/mol. The Morgan fingerprint density at radius 1 is 1.15 bits per heavy atom. The number of aryl methyl sites for hydroxylation is 2. The van der Waals surface area contributed by atoms with Gasteiger partial charge in [-0.1, -0.05) is 32.0 Å². The van der Waals surface area contributed by atoms with Crippen molar-refractivity contribution in [3.63, 3.8) is 0 Å². The number of aromatic nitrogens is 1. The quantitative estimate of drug-likeness (QED) is 0.433. The fraction of sp³-hybridized carbons (Fsp3) is 0.250. The second-order valence-corrected chi connectivity index (χ2v) is 7.36. The average Bonchev–Trinajstić information content (AvgIpc) is 3.02. The first-order chi connectivity index (χ1) is 13.2. The zero-order valence-corrected chi connectivity index (χ0v) is 16.3. The number of hydrogen-bond acceptors (Lipinski definition) is 2. The number of hydrogen-bond donors (Lipinski definition) is 0. The minimum atomic E-state index is -0.697. The molecule has 27 heavy (non-hydrogen) atoms. The van der Waals surface area contributed by atoms with Gasteiger partial charge >= 0.3 is 0 Å². The monoisotopic (exact) mass is 356 g/mol. The molecule has 2 aromatic carbocycles. The third-order valence-electron chi connectivity index (χ3n) is 5.37. The maximum Gasteiger partial charge on any atom is 0.216 e. The van der Waals surface area contributed by atoms with Crippen LogP contribution in [0.5, 0.6) is 0 Å². The normalized spacial score (nSPS) is 12.4. The molecule has 0 N–H and O–H groups in total. The molecule has 0 atom stereocenters. The summed E-state index contributed by atoms with van der Waals surface area (Å²) in [6.45, 7) is 7.93. The van der Waals surface area contributed by atoms with Crippen LogP contribution in [0.1, 0.15) is 43.5 Å². The standard InChI is InChI=1S/C24H23N2O/c1-14(2)18-11-16(4)26(5)20(12-18)22-15(3)9-10-19-23-17(13-25)7-6-8-21(23)27-24(19)22/h6-12,14H,1-5H3/q+1/i14D. The van der Waals surface area contributed by atoms with Gasteiger partial charge in [0, 0.05) is 31.2 Å². The first-order valence-corrected chi connectivity index (χ1v) is 9.09. The van der Waals surface area contributed by atoms with Gasteiger partial charge in [0.1, 0.15) is 18.2 Å². The lowest BCUT2D eigenvalue weighted by Crippen LogP contribution is -2.35. The summed E-state index contributed by atoms with van der Waals surface area (Å²) in [6.07, 6.45) is 0. The Morgan fingerprint density at radius 2 is 1.93 bits per heavy atom. The van der Waals surface area contributed by atoms with Crippen molar-refractivity contribution < 1.29 is 10.4 Å². The molecule has 3 heteroatoms. The van der Waals surface area contributed by atoms with Crippen LogP contribution in [0, 0.1) is 25.2 Å². The fourth-order valence-electron chi connectivity index (χ4n) is 3.73. The molecule has 3 nitrogen and oxygen atoms in total. The highest BCUT2D eigenvalue weighted by Crippen LogP contribution is 2.38. The molecule has 0 amide bonds. The van der Waals surface area contributed by atoms with Crippen molar-refractivity contribution in [1.29, 1.82) is 5.26 Å². The molecule has 0 fully saturated rings. The van der Waals surface area contributed by atoms with Crippen molar-refractivity contribution in [2.24, 2.45) is 7.05 Å². The highest BCUT2D eigenvalue weighted by atomic mass is 16.3. The zero-order chi connectivity index (χ0) is 20.2. The van der Waals surface area contributed by atoms with Crippen LogP contribution in [-0.4, -0.2) is 0 Å². The topological polar surface area (TPSA) is 40.8 Å². The van der Waals surface area contributed by atoms with Crippen molar-refractivity contribution >= 4 is 21.9 Å². The lowest BCUT2D eigenvalue weighted by molar-refractivity contribution is -0.666. The SMILES string of the molecule is [2H]C(C)(C)c1cc(C)[n+](C)c(-c2c(C)ccc3c2oc2cccc(C#N)c23)c1. The molecule has 134 valence electrons. The van der Waals surface area contributed by atoms with Crippen LogP contribution in [-0.2, 0) is 7.05 Å². The third kappa shape index (κ3) is 2.61. The zero-order valence-electron chi connectivity index (χ0n) is 17.3. The van der Waals surface area contributed by atoms with Gasteiger partial charge in [0.05, 0.1) is 17.2 Å². The van der Waals surface area contributed by atoms with Crippen molar-refractivity contribution in [3.8, 4) is 17.3 Å². The Balaban J connectivity index is 2.15. The van der Waals surface area contributed by atoms with E-state index in [1.807, 2.05) is 45.2 Å². The van der Waals surface area contributed by atoms with E-state index >= 15 is 0 Å². The summed E-state index contributed by atoms with van der Waals surface area (Å²) in [7, 11) is 2.03. The minimum Gasteiger partial charge on any atom is -0.455 e. The number of pyridine rings is 1. The van der Waals surface area contributed by atoms with Gasteiger partial charge in [-0.15, -0.1) is 0 Å². The number of nitrogens with zero attached hydrogens (tertiary/aromatic N) is 2. The molecule has 4 aromatic rings. The first kappa shape index (κ1) is 16.1. The number of nitriles is 1. The molecule has 4 rings (SSSR count). The Morgan fingerprint density at radius 3 is 2.63 bits per heavy atom. The van der Waals surface area contributed by atoms with Crippen LogP contribution in [0.3, 0.4) is 0 Å². The maximum atomic E-state index is 9.54. The van der Waals surface area contributed by atoms with Gasteiger partial charge < -0.3 is 4.42 Å². The molecule has 0 aliphatic heterocycles. The van der Waals surface area contributed by atoms with Crippen molar-refractivity contribution in [2.45, 2.75) is 33.6 Å². The minimum absolute atomic E-state index is 0.618. The van der Waals surface area contributed by atoms with E-state index in [2.05, 4.69) is 42.7 Å². The highest BCUT2D eigenvalue weighted by molar-refractivity contribution is 6.11. The smallest absolute Gasteiger partial charge is 0.216 e. The highest BCUT2D eigenvalue weighted by Gasteiger charge is 2.23. The summed E-state index contributed by atoms with van der Waals surface area (Å²) >= 11 is 0. The fourth-order valence-corrected chi connectivity index (χ4v) is 3.73. The van der Waals surface area contributed by atoms with Gasteiger partial charge in [0.15, 0.2) is 5.69 Å². The molecule has 0 saturated carbocycles. The summed E-state index contributed by atoms with van der Waals surface area (Å²) < 4.78 is 16.9. The van der Waals surface area contributed by atoms with Gasteiger partial charge in [-0.25, -0.2) is 0 Å². The Bertz CT molecular complexity index is 1290. The van der Waals surface area contributed by atoms with E-state index in [-0.39, 0.29) is 0 Å². The van der Waals surface area contributed by atoms with E-state index in [0.29, 0.717) is 5.56 Å². The Kier molecular flexibility index (Phi) is 3.72. The molecule has 0 aliphatic carbocycles. The van der Waals surface area contributed by atoms with E-state index in [4.69, 9.17) is 5.79 Å². The van der Waals surface area contributed by atoms with Crippen LogP contribution in [0.2, 0.25) is 0 Å². The van der Waals surface area contributed by atoms with E-state index in [0.717, 1.165) is 50.0 Å². The second-order valence-electron chi connectivity index (χ2n) is 7.36. The van der Waals surface area contributed by atoms with E-state index < -0.39 is 5.89 Å². The molecule has 0 spiro atoms. The van der Waals surface area contributed by atoms with E-state index in [1.54, 1.807) is 0 Å². The summed E-state index contributed by atoms with van der Waals surface area (Å²) in [5.41, 5.74) is 7.28. The molecule has 0 radical (unpaired) electrons. The van der Waals surface area contributed by atoms with Crippen LogP contribution in [0.4, 0.5) is 0 Å². The molecular formula is C24H23N2O+. The molecule has 2 aromatic heterocycles. The molecule has 0 unspecified atom stereocenters. The number of fused-ring (bicyclic) bond motifs is 3. The van der Waals surface area contributed by atoms with Gasteiger partial charge in [0.2, 0.25) is 5.69 Å². The summed E-state index contributed by atoms with van der Waals surface area (Å²) in [5.74, 6) is -0.697. The van der Waals surface area contributed by atoms with Crippen LogP contribution < -0.4 is 4.57 Å². The summed E-state index contributed by atoms with van der Waals surface area (Å²) in [6, 6.07) is 16.1. The molecule has 2 heterocycles. The molecule has 0 bridgehead atoms. The predicted octanol–water partition coefficient (Wildman–Crippen LogP) is 5.69. The lowest BCUT2D eigenvalue weighted by Gasteiger charge is -2.11. The second kappa shape index (κ2) is 6.25. The number of furan rings is 1. The van der Waals surface area contributed by atoms with Gasteiger partial charge in [-0.05, 0) is 36.1 Å². The molecular weight excluding hydrogens is 332 g/mol. The summed E-state index contributed by atoms with van der Waals surface area (Å²) in [5, 5.41) is 11.3. The molecule has 0 aliphatic rings. The average molecular weight is 356 g/mol. The van der Waals surface area contributed by atoms with Crippen molar-refractivity contribution in [3.05, 3.63) is 64.8 Å². The third-order valence-corrected chi connectivity index (χ3v) is 5.37. The van der Waals surface area contributed by atoms with Gasteiger partial charge in [0.25, 0.3) is 0 Å². The van der Waals surface area contributed by atoms with Crippen LogP contribution in [0.15, 0.2) is 46.9 Å². The van der Waals surface area contributed by atoms with Gasteiger partial charge in [-0.3, -0.25) is 0 Å². The largest absolute Gasteiger partial charge is 0.455 e. The first-order valence-electron chi connectivity index (χ1n) is 9.59. The lowest BCUT2D eigenvalue weighted by atomic mass is 9.96. The van der Waals surface area contributed by atoms with E-state index in [9.17, 15) is 5.26 Å². The number of benzene rings is 2. The number of rotatable bonds is 2. The maximum absolute atomic E-state index is 9.54.